The predicted octanol–water partition coefficient (Wildman–Crippen LogP) is 2.99. The number of hydrogen-bond donors (Lipinski definition) is 3. The zero-order valence-electron chi connectivity index (χ0n) is 14.9. The van der Waals surface area contributed by atoms with E-state index in [0.29, 0.717) is 30.3 Å². The molecule has 1 heterocycles. The van der Waals surface area contributed by atoms with E-state index in [-0.39, 0.29) is 34.2 Å². The van der Waals surface area contributed by atoms with Crippen LogP contribution < -0.4 is 5.32 Å². The number of rotatable bonds is 3. The van der Waals surface area contributed by atoms with Gasteiger partial charge in [0.15, 0.2) is 0 Å². The van der Waals surface area contributed by atoms with Gasteiger partial charge in [0.1, 0.15) is 0 Å². The Hall–Kier alpha value is -1.11. The number of thioether (sulfide) groups is 1. The summed E-state index contributed by atoms with van der Waals surface area (Å²) in [5, 5.41) is 22.6. The van der Waals surface area contributed by atoms with E-state index in [9.17, 15) is 19.8 Å². The first-order chi connectivity index (χ1) is 11.7. The molecule has 3 fully saturated rings. The van der Waals surface area contributed by atoms with Crippen LogP contribution >= 0.6 is 11.8 Å². The number of carbonyl (C=O) groups excluding carboxylic acids is 2. The number of fused-ring (bicyclic) bond motifs is 1. The summed E-state index contributed by atoms with van der Waals surface area (Å²) in [6, 6.07) is 0. The lowest BCUT2D eigenvalue weighted by molar-refractivity contribution is -0.151. The van der Waals surface area contributed by atoms with Crippen molar-refractivity contribution in [2.75, 3.05) is 6.61 Å². The average Bonchev–Trinajstić information content (AvgIpc) is 2.88. The Morgan fingerprint density at radius 2 is 2.08 bits per heavy atom. The summed E-state index contributed by atoms with van der Waals surface area (Å²) in [5.41, 5.74) is 0.944. The number of hydrogen-bond acceptors (Lipinski definition) is 5. The fourth-order valence-corrected chi connectivity index (χ4v) is 5.90. The van der Waals surface area contributed by atoms with Crippen LogP contribution in [0, 0.1) is 22.7 Å². The molecule has 2 aliphatic carbocycles. The van der Waals surface area contributed by atoms with Crippen LogP contribution in [0.2, 0.25) is 0 Å². The van der Waals surface area contributed by atoms with Gasteiger partial charge in [0.25, 0.3) is 5.24 Å². The molecule has 1 saturated heterocycles. The summed E-state index contributed by atoms with van der Waals surface area (Å²) in [5.74, 6) is 0.373. The second-order valence-corrected chi connectivity index (χ2v) is 9.13. The Balaban J connectivity index is 1.88. The highest BCUT2D eigenvalue weighted by Crippen LogP contribution is 2.61. The highest BCUT2D eigenvalue weighted by Gasteiger charge is 2.57. The summed E-state index contributed by atoms with van der Waals surface area (Å²) in [7, 11) is 0. The normalized spacial score (nSPS) is 43.3. The number of aliphatic hydroxyl groups is 2. The zero-order chi connectivity index (χ0) is 18.4. The van der Waals surface area contributed by atoms with Gasteiger partial charge in [0.05, 0.1) is 18.4 Å². The Labute approximate surface area is 152 Å². The molecule has 0 aromatic heterocycles. The van der Waals surface area contributed by atoms with E-state index >= 15 is 0 Å². The molecule has 5 nitrogen and oxygen atoms in total. The van der Waals surface area contributed by atoms with E-state index < -0.39 is 11.5 Å². The monoisotopic (exact) mass is 365 g/mol. The Morgan fingerprint density at radius 3 is 2.68 bits per heavy atom. The largest absolute Gasteiger partial charge is 0.396 e. The van der Waals surface area contributed by atoms with Gasteiger partial charge in [-0.1, -0.05) is 32.1 Å². The number of amides is 1. The number of allylic oxidation sites excluding steroid dienone is 2. The summed E-state index contributed by atoms with van der Waals surface area (Å²) in [6.07, 6.45) is 5.30. The Bertz CT molecular complexity index is 645. The van der Waals surface area contributed by atoms with Gasteiger partial charge in [-0.2, -0.15) is 0 Å². The lowest BCUT2D eigenvalue weighted by Crippen LogP contribution is -2.57. The number of carbonyl (C=O) groups is 2. The molecule has 2 saturated carbocycles. The zero-order valence-corrected chi connectivity index (χ0v) is 15.7. The topological polar surface area (TPSA) is 86.6 Å². The summed E-state index contributed by atoms with van der Waals surface area (Å²) < 4.78 is 0. The van der Waals surface area contributed by atoms with Crippen molar-refractivity contribution in [1.29, 1.82) is 0 Å². The van der Waals surface area contributed by atoms with E-state index in [2.05, 4.69) is 18.8 Å². The lowest BCUT2D eigenvalue weighted by Gasteiger charge is -2.59. The smallest absolute Gasteiger partial charge is 0.291 e. The van der Waals surface area contributed by atoms with Gasteiger partial charge in [-0.3, -0.25) is 9.59 Å². The minimum absolute atomic E-state index is 0.0279. The molecule has 0 aromatic carbocycles. The maximum atomic E-state index is 11.8. The molecule has 0 radical (unpaired) electrons. The molecule has 25 heavy (non-hydrogen) atoms. The molecule has 5 atom stereocenters. The van der Waals surface area contributed by atoms with E-state index in [1.807, 2.05) is 13.0 Å². The quantitative estimate of drug-likeness (QED) is 0.529. The van der Waals surface area contributed by atoms with Gasteiger partial charge in [-0.25, -0.2) is 0 Å². The van der Waals surface area contributed by atoms with E-state index in [4.69, 9.17) is 0 Å². The molecule has 1 unspecified atom stereocenters. The van der Waals surface area contributed by atoms with Gasteiger partial charge >= 0.3 is 0 Å². The van der Waals surface area contributed by atoms with Crippen molar-refractivity contribution in [2.24, 2.45) is 22.7 Å². The first-order valence-electron chi connectivity index (χ1n) is 8.92. The van der Waals surface area contributed by atoms with Crippen molar-refractivity contribution >= 4 is 22.1 Å². The fourth-order valence-electron chi connectivity index (χ4n) is 5.33. The van der Waals surface area contributed by atoms with E-state index in [1.54, 1.807) is 0 Å². The van der Waals surface area contributed by atoms with E-state index in [1.165, 1.54) is 0 Å². The molecule has 0 bridgehead atoms. The van der Waals surface area contributed by atoms with Crippen LogP contribution in [0.1, 0.15) is 46.0 Å². The van der Waals surface area contributed by atoms with Crippen molar-refractivity contribution in [2.45, 2.75) is 52.1 Å². The van der Waals surface area contributed by atoms with E-state index in [0.717, 1.165) is 24.8 Å². The highest BCUT2D eigenvalue weighted by molar-refractivity contribution is 8.27. The van der Waals surface area contributed by atoms with Crippen LogP contribution in [0.25, 0.3) is 0 Å². The third-order valence-electron chi connectivity index (χ3n) is 6.89. The number of nitrogens with one attached hydrogen (secondary N) is 1. The summed E-state index contributed by atoms with van der Waals surface area (Å²) in [6.45, 7) is 8.46. The van der Waals surface area contributed by atoms with Gasteiger partial charge in [-0.15, -0.1) is 0 Å². The molecule has 1 aliphatic heterocycles. The van der Waals surface area contributed by atoms with Crippen molar-refractivity contribution < 1.29 is 19.8 Å². The molecule has 0 aromatic rings. The molecular formula is C19H27NO4S. The van der Waals surface area contributed by atoms with Gasteiger partial charge in [0, 0.05) is 17.2 Å². The molecule has 138 valence electrons. The van der Waals surface area contributed by atoms with Crippen molar-refractivity contribution in [3.05, 3.63) is 23.9 Å². The maximum Gasteiger partial charge on any atom is 0.291 e. The SMILES string of the molecule is C=C1CCC2[C@](C)(CO)[C@H](O)CC[C@@]2(C)[C@@H]1C/C=C1/NC(=O)SC1=O. The van der Waals surface area contributed by atoms with Crippen LogP contribution in [0.15, 0.2) is 23.9 Å². The molecular weight excluding hydrogens is 338 g/mol. The van der Waals surface area contributed by atoms with Crippen LogP contribution in [-0.2, 0) is 4.79 Å². The van der Waals surface area contributed by atoms with Crippen LogP contribution in [0.4, 0.5) is 4.79 Å². The second kappa shape index (κ2) is 6.56. The number of aliphatic hydroxyl groups excluding tert-OH is 2. The Kier molecular flexibility index (Phi) is 4.90. The molecule has 3 rings (SSSR count). The fraction of sp³-hybridized carbons (Fsp3) is 0.684. The Morgan fingerprint density at radius 1 is 1.36 bits per heavy atom. The summed E-state index contributed by atoms with van der Waals surface area (Å²) >= 11 is 0.696. The maximum absolute atomic E-state index is 11.8. The van der Waals surface area contributed by atoms with Crippen LogP contribution in [0.5, 0.6) is 0 Å². The third kappa shape index (κ3) is 2.98. The highest BCUT2D eigenvalue weighted by atomic mass is 32.2. The van der Waals surface area contributed by atoms with Gasteiger partial charge in [-0.05, 0) is 49.4 Å². The summed E-state index contributed by atoms with van der Waals surface area (Å²) in [4.78, 5) is 23.2. The molecule has 3 aliphatic rings. The first kappa shape index (κ1) is 18.7. The minimum Gasteiger partial charge on any atom is -0.396 e. The van der Waals surface area contributed by atoms with Crippen LogP contribution in [-0.4, -0.2) is 33.3 Å². The minimum atomic E-state index is -0.508. The van der Waals surface area contributed by atoms with Crippen LogP contribution in [0.3, 0.4) is 0 Å². The van der Waals surface area contributed by atoms with Crippen molar-refractivity contribution in [3.8, 4) is 0 Å². The van der Waals surface area contributed by atoms with Crippen molar-refractivity contribution in [1.82, 2.24) is 5.32 Å². The van der Waals surface area contributed by atoms with Gasteiger partial charge < -0.3 is 15.5 Å². The van der Waals surface area contributed by atoms with Crippen molar-refractivity contribution in [3.63, 3.8) is 0 Å². The second-order valence-electron chi connectivity index (χ2n) is 8.18. The third-order valence-corrected chi connectivity index (χ3v) is 7.59. The molecule has 6 heteroatoms. The average molecular weight is 365 g/mol. The van der Waals surface area contributed by atoms with Gasteiger partial charge in [0.2, 0.25) is 5.12 Å². The standard InChI is InChI=1S/C19H27NO4S/c1-11-4-7-14-18(2,9-8-15(22)19(14,3)10-21)12(11)5-6-13-16(23)25-17(24)20-13/h6,12,14-15,21-22H,1,4-5,7-10H2,2-3H3,(H,20,24)/b13-6+/t12-,14?,15-,18+,19+/m1/s1. The molecule has 1 amide bonds. The molecule has 0 spiro atoms. The predicted molar refractivity (Wildman–Crippen MR) is 97.7 cm³/mol. The lowest BCUT2D eigenvalue weighted by atomic mass is 9.46. The molecule has 3 N–H and O–H groups in total. The first-order valence-corrected chi connectivity index (χ1v) is 9.74.